The van der Waals surface area contributed by atoms with Gasteiger partial charge in [-0.2, -0.15) is 0 Å². The first kappa shape index (κ1) is 42.3. The SMILES string of the molecule is CCC1(COc2c(C)cc(-c3cc(C)c(OCC4(CC)COC4)c(C)c3)cc2C)COC1.CCC1(COc2ccc3ccc(OCC4(CC)COC4)cc3c2)COC1. The normalized spacial score (nSPS) is 19.3. The number of ether oxygens (including phenoxy) is 8. The van der Waals surface area contributed by atoms with Gasteiger partial charge in [-0.05, 0) is 146 Å². The third kappa shape index (κ3) is 9.16. The second kappa shape index (κ2) is 17.8. The van der Waals surface area contributed by atoms with Crippen LogP contribution in [-0.4, -0.2) is 79.3 Å². The summed E-state index contributed by atoms with van der Waals surface area (Å²) in [6.07, 6.45) is 4.34. The van der Waals surface area contributed by atoms with Crippen LogP contribution in [0.1, 0.15) is 75.6 Å². The van der Waals surface area contributed by atoms with Crippen molar-refractivity contribution in [2.45, 2.75) is 81.1 Å². The van der Waals surface area contributed by atoms with E-state index in [-0.39, 0.29) is 21.7 Å². The van der Waals surface area contributed by atoms with E-state index in [0.29, 0.717) is 13.2 Å². The molecule has 4 heterocycles. The van der Waals surface area contributed by atoms with Crippen LogP contribution in [-0.2, 0) is 18.9 Å². The first-order valence-electron chi connectivity index (χ1n) is 21.6. The third-order valence-corrected chi connectivity index (χ3v) is 13.4. The van der Waals surface area contributed by atoms with E-state index in [9.17, 15) is 0 Å². The summed E-state index contributed by atoms with van der Waals surface area (Å²) in [6, 6.07) is 21.5. The summed E-state index contributed by atoms with van der Waals surface area (Å²) < 4.78 is 46.4. The first-order valence-corrected chi connectivity index (χ1v) is 21.6. The molecule has 0 N–H and O–H groups in total. The molecule has 0 aromatic heterocycles. The van der Waals surface area contributed by atoms with Crippen molar-refractivity contribution in [1.29, 1.82) is 0 Å². The Morgan fingerprint density at radius 2 is 0.690 bits per heavy atom. The number of fused-ring (bicyclic) bond motifs is 1. The van der Waals surface area contributed by atoms with E-state index in [4.69, 9.17) is 37.9 Å². The Morgan fingerprint density at radius 1 is 0.397 bits per heavy atom. The monoisotopic (exact) mass is 794 g/mol. The van der Waals surface area contributed by atoms with Gasteiger partial charge in [0.15, 0.2) is 0 Å². The number of benzene rings is 4. The molecule has 0 atom stereocenters. The van der Waals surface area contributed by atoms with Crippen LogP contribution in [0.15, 0.2) is 60.7 Å². The molecule has 4 aromatic rings. The topological polar surface area (TPSA) is 73.8 Å². The van der Waals surface area contributed by atoms with Crippen molar-refractivity contribution >= 4 is 10.8 Å². The number of rotatable bonds is 17. The minimum Gasteiger partial charge on any atom is -0.493 e. The van der Waals surface area contributed by atoms with Crippen LogP contribution in [0.2, 0.25) is 0 Å². The largest absolute Gasteiger partial charge is 0.493 e. The number of hydrogen-bond acceptors (Lipinski definition) is 8. The van der Waals surface area contributed by atoms with Gasteiger partial charge in [-0.15, -0.1) is 0 Å². The summed E-state index contributed by atoms with van der Waals surface area (Å²) in [5.41, 5.74) is 7.91. The quantitative estimate of drug-likeness (QED) is 0.105. The van der Waals surface area contributed by atoms with Crippen molar-refractivity contribution in [3.05, 3.63) is 82.9 Å². The highest BCUT2D eigenvalue weighted by atomic mass is 16.5. The molecule has 4 aliphatic heterocycles. The molecule has 58 heavy (non-hydrogen) atoms. The molecule has 0 bridgehead atoms. The van der Waals surface area contributed by atoms with Crippen molar-refractivity contribution in [2.24, 2.45) is 21.7 Å². The van der Waals surface area contributed by atoms with Crippen LogP contribution in [0.4, 0.5) is 0 Å². The fraction of sp³-hybridized carbons (Fsp3) is 0.560. The van der Waals surface area contributed by atoms with Gasteiger partial charge in [-0.1, -0.05) is 39.8 Å². The Morgan fingerprint density at radius 3 is 0.948 bits per heavy atom. The highest BCUT2D eigenvalue weighted by molar-refractivity contribution is 5.85. The molecule has 8 heteroatoms. The fourth-order valence-electron chi connectivity index (χ4n) is 8.12. The predicted octanol–water partition coefficient (Wildman–Crippen LogP) is 10.6. The molecule has 4 aromatic carbocycles. The minimum absolute atomic E-state index is 0.184. The molecular formula is C50H66O8. The standard InChI is InChI=1S/C28H38O4.C22H28O4/c1-7-27(13-29-14-27)17-31-25-19(3)9-23(10-20(25)4)24-11-21(5)26(22(6)12-24)32-18-28(8-2)15-30-16-28;1-3-21(11-23-12-21)15-25-19-7-5-17-6-8-20(10-18(17)9-19)26-16-22(4-2)13-24-14-22/h9-12H,7-8,13-18H2,1-6H3;5-10H,3-4,11-16H2,1-2H3. The average molecular weight is 795 g/mol. The Labute approximate surface area is 346 Å². The zero-order valence-corrected chi connectivity index (χ0v) is 36.4. The maximum atomic E-state index is 6.30. The van der Waals surface area contributed by atoms with Crippen LogP contribution in [0.3, 0.4) is 0 Å². The number of aryl methyl sites for hydroxylation is 4. The number of hydrogen-bond donors (Lipinski definition) is 0. The molecule has 0 aliphatic carbocycles. The van der Waals surface area contributed by atoms with Crippen molar-refractivity contribution < 1.29 is 37.9 Å². The highest BCUT2D eigenvalue weighted by Gasteiger charge is 2.40. The zero-order chi connectivity index (χ0) is 41.0. The summed E-state index contributed by atoms with van der Waals surface area (Å²) in [7, 11) is 0. The molecule has 314 valence electrons. The first-order chi connectivity index (χ1) is 28.0. The molecule has 8 nitrogen and oxygen atoms in total. The van der Waals surface area contributed by atoms with Gasteiger partial charge in [0.2, 0.25) is 0 Å². The van der Waals surface area contributed by atoms with Gasteiger partial charge in [0.1, 0.15) is 23.0 Å². The lowest BCUT2D eigenvalue weighted by Gasteiger charge is -2.40. The van der Waals surface area contributed by atoms with Crippen molar-refractivity contribution in [1.82, 2.24) is 0 Å². The fourth-order valence-corrected chi connectivity index (χ4v) is 8.12. The molecule has 0 spiro atoms. The molecule has 8 rings (SSSR count). The molecule has 4 saturated heterocycles. The van der Waals surface area contributed by atoms with Gasteiger partial charge in [0, 0.05) is 0 Å². The summed E-state index contributed by atoms with van der Waals surface area (Å²) in [4.78, 5) is 0. The van der Waals surface area contributed by atoms with Crippen LogP contribution in [0, 0.1) is 49.4 Å². The van der Waals surface area contributed by atoms with Crippen molar-refractivity contribution in [2.75, 3.05) is 79.3 Å². The summed E-state index contributed by atoms with van der Waals surface area (Å²) in [5.74, 6) is 3.84. The van der Waals surface area contributed by atoms with E-state index in [0.717, 1.165) is 120 Å². The van der Waals surface area contributed by atoms with Crippen LogP contribution in [0.5, 0.6) is 23.0 Å². The molecule has 0 amide bonds. The predicted molar refractivity (Wildman–Crippen MR) is 231 cm³/mol. The van der Waals surface area contributed by atoms with Gasteiger partial charge in [-0.25, -0.2) is 0 Å². The summed E-state index contributed by atoms with van der Waals surface area (Å²) in [5, 5.41) is 2.34. The van der Waals surface area contributed by atoms with E-state index < -0.39 is 0 Å². The van der Waals surface area contributed by atoms with Gasteiger partial charge >= 0.3 is 0 Å². The van der Waals surface area contributed by atoms with E-state index in [1.165, 1.54) is 38.8 Å². The molecule has 0 saturated carbocycles. The molecule has 4 fully saturated rings. The Bertz CT molecular complexity index is 1810. The van der Waals surface area contributed by atoms with E-state index in [1.54, 1.807) is 0 Å². The summed E-state index contributed by atoms with van der Waals surface area (Å²) in [6.45, 7) is 26.7. The smallest absolute Gasteiger partial charge is 0.125 e. The maximum Gasteiger partial charge on any atom is 0.125 e. The molecule has 0 radical (unpaired) electrons. The van der Waals surface area contributed by atoms with Gasteiger partial charge < -0.3 is 37.9 Å². The lowest BCUT2D eigenvalue weighted by atomic mass is 9.84. The molecule has 0 unspecified atom stereocenters. The maximum absolute atomic E-state index is 6.30. The third-order valence-electron chi connectivity index (χ3n) is 13.4. The van der Waals surface area contributed by atoms with Gasteiger partial charge in [0.25, 0.3) is 0 Å². The van der Waals surface area contributed by atoms with E-state index in [1.807, 2.05) is 12.1 Å². The van der Waals surface area contributed by atoms with Crippen molar-refractivity contribution in [3.8, 4) is 34.1 Å². The molecule has 4 aliphatic rings. The Kier molecular flexibility index (Phi) is 13.0. The van der Waals surface area contributed by atoms with E-state index in [2.05, 4.69) is 104 Å². The van der Waals surface area contributed by atoms with Crippen LogP contribution >= 0.6 is 0 Å². The molecular weight excluding hydrogens is 729 g/mol. The van der Waals surface area contributed by atoms with E-state index >= 15 is 0 Å². The minimum atomic E-state index is 0.184. The second-order valence-electron chi connectivity index (χ2n) is 18.1. The van der Waals surface area contributed by atoms with Gasteiger partial charge in [-0.3, -0.25) is 0 Å². The lowest BCUT2D eigenvalue weighted by molar-refractivity contribution is -0.133. The van der Waals surface area contributed by atoms with Crippen LogP contribution in [0.25, 0.3) is 21.9 Å². The average Bonchev–Trinajstić information content (AvgIpc) is 3.15. The zero-order valence-electron chi connectivity index (χ0n) is 36.4. The Hall–Kier alpha value is -3.82. The lowest BCUT2D eigenvalue weighted by Crippen LogP contribution is -2.46. The van der Waals surface area contributed by atoms with Crippen molar-refractivity contribution in [3.63, 3.8) is 0 Å². The highest BCUT2D eigenvalue weighted by Crippen LogP contribution is 2.39. The van der Waals surface area contributed by atoms with Gasteiger partial charge in [0.05, 0.1) is 101 Å². The second-order valence-corrected chi connectivity index (χ2v) is 18.1. The Balaban J connectivity index is 0.000000180. The van der Waals surface area contributed by atoms with Crippen LogP contribution < -0.4 is 18.9 Å². The summed E-state index contributed by atoms with van der Waals surface area (Å²) >= 11 is 0.